The molecule has 7 nitrogen and oxygen atoms in total. The van der Waals surface area contributed by atoms with Crippen molar-refractivity contribution in [3.05, 3.63) is 64.0 Å². The highest BCUT2D eigenvalue weighted by Crippen LogP contribution is 2.32. The summed E-state index contributed by atoms with van der Waals surface area (Å²) in [5, 5.41) is 13.1. The van der Waals surface area contributed by atoms with Crippen molar-refractivity contribution in [1.82, 2.24) is 25.0 Å². The molecule has 0 saturated carbocycles. The summed E-state index contributed by atoms with van der Waals surface area (Å²) in [6.07, 6.45) is -4.41. The number of hydrogen-bond acceptors (Lipinski definition) is 7. The standard InChI is InChI=1S/C18H11Cl2F3N6OS/c19-11-5-6-13(20)12(7-11)16-26-27-17(29(16)24)31-8-14-25-15(28-30-14)9-1-3-10(4-2-9)18(21,22)23/h1-7H,8,24H2. The van der Waals surface area contributed by atoms with Crippen LogP contribution in [0.5, 0.6) is 0 Å². The fourth-order valence-corrected chi connectivity index (χ4v) is 3.66. The highest BCUT2D eigenvalue weighted by Gasteiger charge is 2.30. The first-order chi connectivity index (χ1) is 14.7. The largest absolute Gasteiger partial charge is 0.416 e. The summed E-state index contributed by atoms with van der Waals surface area (Å²) in [5.41, 5.74) is 0.166. The maximum Gasteiger partial charge on any atom is 0.416 e. The Morgan fingerprint density at radius 3 is 2.52 bits per heavy atom. The summed E-state index contributed by atoms with van der Waals surface area (Å²) in [7, 11) is 0. The third-order valence-corrected chi connectivity index (χ3v) is 5.59. The number of halogens is 5. The molecular weight excluding hydrogens is 476 g/mol. The van der Waals surface area contributed by atoms with Crippen molar-refractivity contribution >= 4 is 35.0 Å². The predicted molar refractivity (Wildman–Crippen MR) is 110 cm³/mol. The van der Waals surface area contributed by atoms with Crippen LogP contribution in [0.4, 0.5) is 13.2 Å². The van der Waals surface area contributed by atoms with Crippen LogP contribution in [0.15, 0.2) is 52.1 Å². The number of nitrogen functional groups attached to an aromatic ring is 1. The normalized spacial score (nSPS) is 11.8. The van der Waals surface area contributed by atoms with E-state index in [9.17, 15) is 13.2 Å². The number of benzene rings is 2. The molecule has 2 heterocycles. The second-order valence-electron chi connectivity index (χ2n) is 6.18. The Labute approximate surface area is 187 Å². The minimum absolute atomic E-state index is 0.171. The quantitative estimate of drug-likeness (QED) is 0.301. The van der Waals surface area contributed by atoms with Crippen molar-refractivity contribution in [2.24, 2.45) is 0 Å². The van der Waals surface area contributed by atoms with Gasteiger partial charge in [0, 0.05) is 16.1 Å². The van der Waals surface area contributed by atoms with Gasteiger partial charge in [-0.1, -0.05) is 52.3 Å². The highest BCUT2D eigenvalue weighted by molar-refractivity contribution is 7.98. The average molecular weight is 487 g/mol. The second kappa shape index (κ2) is 8.40. The fraction of sp³-hybridized carbons (Fsp3) is 0.111. The van der Waals surface area contributed by atoms with Gasteiger partial charge in [-0.3, -0.25) is 0 Å². The van der Waals surface area contributed by atoms with Gasteiger partial charge in [0.25, 0.3) is 0 Å². The molecule has 0 amide bonds. The zero-order valence-corrected chi connectivity index (χ0v) is 17.6. The molecule has 2 N–H and O–H groups in total. The molecule has 2 aromatic heterocycles. The number of nitrogens with zero attached hydrogens (tertiary/aromatic N) is 5. The Balaban J connectivity index is 1.47. The molecule has 0 radical (unpaired) electrons. The van der Waals surface area contributed by atoms with Gasteiger partial charge in [-0.05, 0) is 30.3 Å². The molecule has 2 aromatic carbocycles. The molecule has 0 fully saturated rings. The van der Waals surface area contributed by atoms with Gasteiger partial charge in [-0.2, -0.15) is 18.2 Å². The molecule has 0 saturated heterocycles. The van der Waals surface area contributed by atoms with Gasteiger partial charge in [0.15, 0.2) is 5.82 Å². The Morgan fingerprint density at radius 2 is 1.81 bits per heavy atom. The lowest BCUT2D eigenvalue weighted by Crippen LogP contribution is -2.11. The third-order valence-electron chi connectivity index (χ3n) is 4.10. The topological polar surface area (TPSA) is 95.7 Å². The van der Waals surface area contributed by atoms with Crippen LogP contribution in [0.3, 0.4) is 0 Å². The van der Waals surface area contributed by atoms with E-state index in [4.69, 9.17) is 33.6 Å². The van der Waals surface area contributed by atoms with Crippen molar-refractivity contribution in [3.63, 3.8) is 0 Å². The molecule has 0 atom stereocenters. The summed E-state index contributed by atoms with van der Waals surface area (Å²) in [5.74, 6) is 7.03. The van der Waals surface area contributed by atoms with Crippen LogP contribution in [0.25, 0.3) is 22.8 Å². The molecule has 0 aliphatic rings. The minimum atomic E-state index is -4.41. The van der Waals surface area contributed by atoms with Gasteiger partial charge in [0.2, 0.25) is 16.9 Å². The monoisotopic (exact) mass is 486 g/mol. The maximum atomic E-state index is 12.7. The summed E-state index contributed by atoms with van der Waals surface area (Å²) in [6.45, 7) is 0. The van der Waals surface area contributed by atoms with Crippen molar-refractivity contribution in [3.8, 4) is 22.8 Å². The van der Waals surface area contributed by atoms with E-state index in [2.05, 4.69) is 20.3 Å². The van der Waals surface area contributed by atoms with E-state index in [0.29, 0.717) is 32.2 Å². The SMILES string of the molecule is Nn1c(SCc2nc(-c3ccc(C(F)(F)F)cc3)no2)nnc1-c1cc(Cl)ccc1Cl. The lowest BCUT2D eigenvalue weighted by Gasteiger charge is -2.05. The van der Waals surface area contributed by atoms with Gasteiger partial charge >= 0.3 is 6.18 Å². The lowest BCUT2D eigenvalue weighted by molar-refractivity contribution is -0.137. The zero-order chi connectivity index (χ0) is 22.2. The van der Waals surface area contributed by atoms with Crippen LogP contribution in [-0.2, 0) is 11.9 Å². The molecule has 0 spiro atoms. The summed E-state index contributed by atoms with van der Waals surface area (Å²) >= 11 is 13.4. The van der Waals surface area contributed by atoms with E-state index in [0.717, 1.165) is 12.1 Å². The first-order valence-electron chi connectivity index (χ1n) is 8.51. The van der Waals surface area contributed by atoms with Crippen LogP contribution in [0.1, 0.15) is 11.5 Å². The highest BCUT2D eigenvalue weighted by atomic mass is 35.5. The minimum Gasteiger partial charge on any atom is -0.338 e. The predicted octanol–water partition coefficient (Wildman–Crippen LogP) is 5.33. The molecule has 0 aliphatic heterocycles. The van der Waals surface area contributed by atoms with Crippen LogP contribution in [0, 0.1) is 0 Å². The van der Waals surface area contributed by atoms with Crippen molar-refractivity contribution in [1.29, 1.82) is 0 Å². The van der Waals surface area contributed by atoms with E-state index in [1.165, 1.54) is 28.6 Å². The van der Waals surface area contributed by atoms with Crippen LogP contribution in [0.2, 0.25) is 10.0 Å². The Kier molecular flexibility index (Phi) is 5.82. The molecule has 0 aliphatic carbocycles. The number of alkyl halides is 3. The van der Waals surface area contributed by atoms with Crippen LogP contribution < -0.4 is 5.84 Å². The van der Waals surface area contributed by atoms with Crippen LogP contribution >= 0.6 is 35.0 Å². The first-order valence-corrected chi connectivity index (χ1v) is 10.3. The molecular formula is C18H11Cl2F3N6OS. The van der Waals surface area contributed by atoms with Crippen LogP contribution in [-0.4, -0.2) is 25.0 Å². The van der Waals surface area contributed by atoms with E-state index in [1.54, 1.807) is 18.2 Å². The number of aromatic nitrogens is 5. The van der Waals surface area contributed by atoms with Crippen molar-refractivity contribution in [2.75, 3.05) is 5.84 Å². The average Bonchev–Trinajstić information content (AvgIpc) is 3.34. The molecule has 31 heavy (non-hydrogen) atoms. The third kappa shape index (κ3) is 4.63. The van der Waals surface area contributed by atoms with Gasteiger partial charge in [0.1, 0.15) is 0 Å². The van der Waals surface area contributed by atoms with E-state index >= 15 is 0 Å². The molecule has 0 unspecified atom stereocenters. The number of rotatable bonds is 5. The Morgan fingerprint density at radius 1 is 1.06 bits per heavy atom. The van der Waals surface area contributed by atoms with Gasteiger partial charge in [0.05, 0.1) is 16.3 Å². The smallest absolute Gasteiger partial charge is 0.338 e. The molecule has 0 bridgehead atoms. The summed E-state index contributed by atoms with van der Waals surface area (Å²) in [4.78, 5) is 4.19. The molecule has 4 aromatic rings. The second-order valence-corrected chi connectivity index (χ2v) is 7.96. The van der Waals surface area contributed by atoms with E-state index < -0.39 is 11.7 Å². The Bertz CT molecular complexity index is 1230. The van der Waals surface area contributed by atoms with Gasteiger partial charge in [-0.15, -0.1) is 10.2 Å². The van der Waals surface area contributed by atoms with Crippen molar-refractivity contribution < 1.29 is 17.7 Å². The summed E-state index contributed by atoms with van der Waals surface area (Å²) in [6, 6.07) is 9.37. The summed E-state index contributed by atoms with van der Waals surface area (Å²) < 4.78 is 44.5. The maximum absolute atomic E-state index is 12.7. The van der Waals surface area contributed by atoms with E-state index in [1.807, 2.05) is 0 Å². The Hall–Kier alpha value is -2.76. The number of thioether (sulfide) groups is 1. The first kappa shape index (κ1) is 21.5. The fourth-order valence-electron chi connectivity index (χ4n) is 2.59. The van der Waals surface area contributed by atoms with Gasteiger partial charge in [-0.25, -0.2) is 4.68 Å². The number of nitrogens with two attached hydrogens (primary N) is 1. The zero-order valence-electron chi connectivity index (χ0n) is 15.3. The van der Waals surface area contributed by atoms with Gasteiger partial charge < -0.3 is 10.4 Å². The molecule has 13 heteroatoms. The lowest BCUT2D eigenvalue weighted by atomic mass is 10.1. The van der Waals surface area contributed by atoms with E-state index in [-0.39, 0.29) is 17.5 Å². The van der Waals surface area contributed by atoms with Crippen molar-refractivity contribution in [2.45, 2.75) is 17.1 Å². The molecule has 160 valence electrons. The number of hydrogen-bond donors (Lipinski definition) is 1. The molecule has 4 rings (SSSR count).